The van der Waals surface area contributed by atoms with Crippen LogP contribution in [0.15, 0.2) is 47.6 Å². The summed E-state index contributed by atoms with van der Waals surface area (Å²) in [7, 11) is 3.24. The second-order valence-corrected chi connectivity index (χ2v) is 7.15. The fourth-order valence-electron chi connectivity index (χ4n) is 2.61. The van der Waals surface area contributed by atoms with Crippen molar-refractivity contribution in [2.75, 3.05) is 18.2 Å². The molecular formula is C19H19N5O4S. The molecule has 0 atom stereocenters. The number of nitrogens with one attached hydrogen (secondary N) is 1. The van der Waals surface area contributed by atoms with Crippen LogP contribution in [0.25, 0.3) is 11.4 Å². The molecule has 0 saturated heterocycles. The van der Waals surface area contributed by atoms with Crippen LogP contribution in [-0.4, -0.2) is 38.5 Å². The van der Waals surface area contributed by atoms with Crippen LogP contribution in [0.2, 0.25) is 0 Å². The highest BCUT2D eigenvalue weighted by Crippen LogP contribution is 2.29. The molecule has 0 radical (unpaired) electrons. The Morgan fingerprint density at radius 1 is 1.24 bits per heavy atom. The first-order chi connectivity index (χ1) is 13.9. The Morgan fingerprint density at radius 3 is 2.62 bits per heavy atom. The summed E-state index contributed by atoms with van der Waals surface area (Å²) in [5, 5.41) is 22.7. The van der Waals surface area contributed by atoms with Gasteiger partial charge in [0.1, 0.15) is 11.4 Å². The molecule has 1 heterocycles. The molecule has 150 valence electrons. The Labute approximate surface area is 171 Å². The lowest BCUT2D eigenvalue weighted by atomic mass is 10.1. The number of aryl methyl sites for hydroxylation is 1. The van der Waals surface area contributed by atoms with Gasteiger partial charge in [-0.25, -0.2) is 0 Å². The highest BCUT2D eigenvalue weighted by molar-refractivity contribution is 7.99. The van der Waals surface area contributed by atoms with Gasteiger partial charge in [0.05, 0.1) is 23.9 Å². The lowest BCUT2D eigenvalue weighted by Crippen LogP contribution is -2.15. The van der Waals surface area contributed by atoms with Gasteiger partial charge in [-0.2, -0.15) is 0 Å². The second kappa shape index (κ2) is 8.74. The molecule has 0 saturated carbocycles. The number of amides is 1. The number of nitro groups is 1. The minimum atomic E-state index is -0.568. The van der Waals surface area contributed by atoms with Crippen molar-refractivity contribution in [2.45, 2.75) is 12.1 Å². The maximum atomic E-state index is 12.3. The third kappa shape index (κ3) is 4.72. The van der Waals surface area contributed by atoms with Gasteiger partial charge < -0.3 is 14.6 Å². The molecule has 3 rings (SSSR count). The molecule has 0 aliphatic heterocycles. The summed E-state index contributed by atoms with van der Waals surface area (Å²) in [5.41, 5.74) is 1.95. The summed E-state index contributed by atoms with van der Waals surface area (Å²) in [6.45, 7) is 2.01. The van der Waals surface area contributed by atoms with Gasteiger partial charge in [-0.15, -0.1) is 10.2 Å². The van der Waals surface area contributed by atoms with Gasteiger partial charge >= 0.3 is 0 Å². The summed E-state index contributed by atoms with van der Waals surface area (Å²) in [4.78, 5) is 23.0. The molecule has 0 aliphatic rings. The summed E-state index contributed by atoms with van der Waals surface area (Å²) < 4.78 is 6.79. The number of aromatic nitrogens is 3. The van der Waals surface area contributed by atoms with Crippen LogP contribution in [0.5, 0.6) is 5.75 Å². The quantitative estimate of drug-likeness (QED) is 0.359. The first-order valence-electron chi connectivity index (χ1n) is 8.60. The standard InChI is InChI=1S/C19H19N5O4S/c1-12-4-6-13(7-5-12)18-21-22-19(23(18)2)29-11-17(25)20-15-9-8-14(28-3)10-16(15)24(26)27/h4-10H,11H2,1-3H3,(H,20,25). The number of methoxy groups -OCH3 is 1. The number of rotatable bonds is 7. The van der Waals surface area contributed by atoms with Crippen molar-refractivity contribution in [3.63, 3.8) is 0 Å². The fourth-order valence-corrected chi connectivity index (χ4v) is 3.32. The van der Waals surface area contributed by atoms with Crippen LogP contribution in [0.4, 0.5) is 11.4 Å². The van der Waals surface area contributed by atoms with E-state index in [4.69, 9.17) is 4.74 Å². The first kappa shape index (κ1) is 20.3. The molecule has 2 aromatic carbocycles. The van der Waals surface area contributed by atoms with Gasteiger partial charge in [0.15, 0.2) is 11.0 Å². The molecule has 1 N–H and O–H groups in total. The van der Waals surface area contributed by atoms with E-state index in [0.29, 0.717) is 16.7 Å². The van der Waals surface area contributed by atoms with Crippen LogP contribution in [-0.2, 0) is 11.8 Å². The highest BCUT2D eigenvalue weighted by atomic mass is 32.2. The van der Waals surface area contributed by atoms with E-state index in [1.807, 2.05) is 38.2 Å². The third-order valence-corrected chi connectivity index (χ3v) is 5.17. The molecule has 0 fully saturated rings. The van der Waals surface area contributed by atoms with Gasteiger partial charge in [-0.3, -0.25) is 14.9 Å². The van der Waals surface area contributed by atoms with Crippen LogP contribution in [0, 0.1) is 17.0 Å². The number of ether oxygens (including phenoxy) is 1. The average Bonchev–Trinajstić information content (AvgIpc) is 3.07. The van der Waals surface area contributed by atoms with Crippen molar-refractivity contribution in [2.24, 2.45) is 7.05 Å². The number of thioether (sulfide) groups is 1. The third-order valence-electron chi connectivity index (χ3n) is 4.15. The summed E-state index contributed by atoms with van der Waals surface area (Å²) >= 11 is 1.20. The van der Waals surface area contributed by atoms with Gasteiger partial charge in [-0.1, -0.05) is 41.6 Å². The van der Waals surface area contributed by atoms with E-state index in [0.717, 1.165) is 11.1 Å². The maximum Gasteiger partial charge on any atom is 0.296 e. The highest BCUT2D eigenvalue weighted by Gasteiger charge is 2.18. The van der Waals surface area contributed by atoms with E-state index >= 15 is 0 Å². The van der Waals surface area contributed by atoms with E-state index in [1.165, 1.54) is 31.0 Å². The number of nitrogens with zero attached hydrogens (tertiary/aromatic N) is 4. The van der Waals surface area contributed by atoms with E-state index in [2.05, 4.69) is 15.5 Å². The minimum absolute atomic E-state index is 0.0308. The molecule has 10 heteroatoms. The van der Waals surface area contributed by atoms with Crippen molar-refractivity contribution in [3.8, 4) is 17.1 Å². The molecule has 0 bridgehead atoms. The van der Waals surface area contributed by atoms with Crippen molar-refractivity contribution >= 4 is 29.0 Å². The van der Waals surface area contributed by atoms with Crippen LogP contribution in [0.1, 0.15) is 5.56 Å². The van der Waals surface area contributed by atoms with Gasteiger partial charge in [-0.05, 0) is 19.1 Å². The lowest BCUT2D eigenvalue weighted by molar-refractivity contribution is -0.384. The van der Waals surface area contributed by atoms with E-state index in [-0.39, 0.29) is 23.0 Å². The van der Waals surface area contributed by atoms with Crippen LogP contribution < -0.4 is 10.1 Å². The first-order valence-corrected chi connectivity index (χ1v) is 9.59. The Hall–Kier alpha value is -3.40. The summed E-state index contributed by atoms with van der Waals surface area (Å²) in [5.74, 6) is 0.678. The number of hydrogen-bond acceptors (Lipinski definition) is 7. The zero-order valence-electron chi connectivity index (χ0n) is 16.1. The molecule has 0 aliphatic carbocycles. The zero-order valence-corrected chi connectivity index (χ0v) is 16.9. The normalized spacial score (nSPS) is 10.6. The van der Waals surface area contributed by atoms with Gasteiger partial charge in [0.2, 0.25) is 5.91 Å². The second-order valence-electron chi connectivity index (χ2n) is 6.21. The molecule has 9 nitrogen and oxygen atoms in total. The topological polar surface area (TPSA) is 112 Å². The Bertz CT molecular complexity index is 1050. The van der Waals surface area contributed by atoms with Gasteiger partial charge in [0.25, 0.3) is 5.69 Å². The molecular weight excluding hydrogens is 394 g/mol. The molecule has 3 aromatic rings. The number of benzene rings is 2. The van der Waals surface area contributed by atoms with Crippen molar-refractivity contribution in [1.29, 1.82) is 0 Å². The summed E-state index contributed by atoms with van der Waals surface area (Å²) in [6, 6.07) is 12.2. The number of anilines is 1. The number of hydrogen-bond donors (Lipinski definition) is 1. The van der Waals surface area contributed by atoms with Crippen molar-refractivity contribution in [1.82, 2.24) is 14.8 Å². The SMILES string of the molecule is COc1ccc(NC(=O)CSc2nnc(-c3ccc(C)cc3)n2C)c([N+](=O)[O-])c1. The van der Waals surface area contributed by atoms with E-state index in [9.17, 15) is 14.9 Å². The monoisotopic (exact) mass is 413 g/mol. The van der Waals surface area contributed by atoms with Crippen molar-refractivity contribution in [3.05, 3.63) is 58.1 Å². The van der Waals surface area contributed by atoms with Crippen molar-refractivity contribution < 1.29 is 14.5 Å². The Balaban J connectivity index is 1.67. The van der Waals surface area contributed by atoms with E-state index in [1.54, 1.807) is 10.6 Å². The molecule has 1 amide bonds. The zero-order chi connectivity index (χ0) is 21.0. The van der Waals surface area contributed by atoms with Gasteiger partial charge in [0, 0.05) is 12.6 Å². The average molecular weight is 413 g/mol. The molecule has 0 unspecified atom stereocenters. The fraction of sp³-hybridized carbons (Fsp3) is 0.211. The molecule has 1 aromatic heterocycles. The predicted molar refractivity (Wildman–Crippen MR) is 110 cm³/mol. The largest absolute Gasteiger partial charge is 0.496 e. The van der Waals surface area contributed by atoms with Crippen LogP contribution >= 0.6 is 11.8 Å². The maximum absolute atomic E-state index is 12.3. The predicted octanol–water partition coefficient (Wildman–Crippen LogP) is 3.44. The smallest absolute Gasteiger partial charge is 0.296 e. The number of carbonyl (C=O) groups excluding carboxylic acids is 1. The Morgan fingerprint density at radius 2 is 1.97 bits per heavy atom. The summed E-state index contributed by atoms with van der Waals surface area (Å²) in [6.07, 6.45) is 0. The number of nitro benzene ring substituents is 1. The molecule has 0 spiro atoms. The Kier molecular flexibility index (Phi) is 6.13. The van der Waals surface area contributed by atoms with E-state index < -0.39 is 4.92 Å². The lowest BCUT2D eigenvalue weighted by Gasteiger charge is -2.07. The minimum Gasteiger partial charge on any atom is -0.496 e. The number of carbonyl (C=O) groups is 1. The molecule has 29 heavy (non-hydrogen) atoms. The van der Waals surface area contributed by atoms with Crippen LogP contribution in [0.3, 0.4) is 0 Å².